The van der Waals surface area contributed by atoms with E-state index in [1.807, 2.05) is 0 Å². The van der Waals surface area contributed by atoms with Crippen LogP contribution in [-0.2, 0) is 4.84 Å². The van der Waals surface area contributed by atoms with E-state index < -0.39 is 0 Å². The molecular formula is C11H20N2O. The van der Waals surface area contributed by atoms with Crippen molar-refractivity contribution < 1.29 is 4.84 Å². The molecule has 0 aliphatic rings. The molecule has 0 radical (unpaired) electrons. The van der Waals surface area contributed by atoms with Crippen molar-refractivity contribution in [2.75, 3.05) is 7.11 Å². The summed E-state index contributed by atoms with van der Waals surface area (Å²) in [4.78, 5) is 4.73. The molecule has 0 aromatic heterocycles. The highest BCUT2D eigenvalue weighted by atomic mass is 16.6. The third-order valence-corrected chi connectivity index (χ3v) is 2.23. The Balaban J connectivity index is 3.89. The summed E-state index contributed by atoms with van der Waals surface area (Å²) in [6.45, 7) is 4.16. The Labute approximate surface area is 86.7 Å². The van der Waals surface area contributed by atoms with E-state index in [1.165, 1.54) is 0 Å². The molecule has 0 N–H and O–H groups in total. The van der Waals surface area contributed by atoms with Gasteiger partial charge in [-0.3, -0.25) is 0 Å². The lowest BCUT2D eigenvalue weighted by atomic mass is 9.97. The van der Waals surface area contributed by atoms with Crippen molar-refractivity contribution in [2.45, 2.75) is 46.0 Å². The summed E-state index contributed by atoms with van der Waals surface area (Å²) in [7, 11) is 1.56. The summed E-state index contributed by atoms with van der Waals surface area (Å²) in [6.07, 6.45) is 4.74. The molecule has 1 unspecified atom stereocenters. The molecule has 0 spiro atoms. The monoisotopic (exact) mass is 196 g/mol. The van der Waals surface area contributed by atoms with Crippen LogP contribution in [0.2, 0.25) is 0 Å². The molecule has 0 fully saturated rings. The Bertz CT molecular complexity index is 206. The van der Waals surface area contributed by atoms with Gasteiger partial charge in [0.25, 0.3) is 0 Å². The van der Waals surface area contributed by atoms with Crippen LogP contribution in [0.25, 0.3) is 0 Å². The lowest BCUT2D eigenvalue weighted by molar-refractivity contribution is 0.211. The van der Waals surface area contributed by atoms with Crippen LogP contribution in [0, 0.1) is 17.2 Å². The van der Waals surface area contributed by atoms with Gasteiger partial charge < -0.3 is 4.84 Å². The van der Waals surface area contributed by atoms with E-state index in [0.717, 1.165) is 37.8 Å². The van der Waals surface area contributed by atoms with E-state index in [1.54, 1.807) is 7.11 Å². The first-order valence-corrected chi connectivity index (χ1v) is 5.26. The molecule has 0 aliphatic heterocycles. The molecule has 3 heteroatoms. The number of hydrogen-bond donors (Lipinski definition) is 0. The van der Waals surface area contributed by atoms with Gasteiger partial charge in [0.2, 0.25) is 0 Å². The van der Waals surface area contributed by atoms with Crippen LogP contribution in [-0.4, -0.2) is 12.8 Å². The Morgan fingerprint density at radius 3 is 2.57 bits per heavy atom. The second-order valence-electron chi connectivity index (χ2n) is 3.35. The molecule has 14 heavy (non-hydrogen) atoms. The van der Waals surface area contributed by atoms with Crippen molar-refractivity contribution in [2.24, 2.45) is 11.1 Å². The van der Waals surface area contributed by atoms with Gasteiger partial charge in [0.15, 0.2) is 0 Å². The van der Waals surface area contributed by atoms with Crippen LogP contribution in [0.1, 0.15) is 46.0 Å². The fourth-order valence-corrected chi connectivity index (χ4v) is 1.38. The lowest BCUT2D eigenvalue weighted by Gasteiger charge is -2.07. The summed E-state index contributed by atoms with van der Waals surface area (Å²) >= 11 is 0. The van der Waals surface area contributed by atoms with Crippen molar-refractivity contribution in [3.63, 3.8) is 0 Å². The van der Waals surface area contributed by atoms with Gasteiger partial charge in [-0.25, -0.2) is 0 Å². The second kappa shape index (κ2) is 8.55. The predicted molar refractivity (Wildman–Crippen MR) is 58.0 cm³/mol. The summed E-state index contributed by atoms with van der Waals surface area (Å²) in [5.41, 5.74) is 1.05. The molecule has 0 saturated carbocycles. The SMILES string of the molecule is CCCC(C#N)CC/C(CC)=N/OC. The quantitative estimate of drug-likeness (QED) is 0.464. The summed E-state index contributed by atoms with van der Waals surface area (Å²) in [5.74, 6) is 0.175. The number of nitrogens with zero attached hydrogens (tertiary/aromatic N) is 2. The normalized spacial score (nSPS) is 13.4. The average Bonchev–Trinajstić information content (AvgIpc) is 2.22. The van der Waals surface area contributed by atoms with Crippen LogP contribution in [0.3, 0.4) is 0 Å². The number of nitriles is 1. The summed E-state index contributed by atoms with van der Waals surface area (Å²) < 4.78 is 0. The van der Waals surface area contributed by atoms with Crippen molar-refractivity contribution in [1.29, 1.82) is 5.26 Å². The maximum atomic E-state index is 8.85. The molecular weight excluding hydrogens is 176 g/mol. The lowest BCUT2D eigenvalue weighted by Crippen LogP contribution is -2.03. The maximum absolute atomic E-state index is 8.85. The highest BCUT2D eigenvalue weighted by Crippen LogP contribution is 2.13. The average molecular weight is 196 g/mol. The molecule has 0 saturated heterocycles. The largest absolute Gasteiger partial charge is 0.399 e. The standard InChI is InChI=1S/C11H20N2O/c1-4-6-10(9-12)7-8-11(5-2)13-14-3/h10H,4-8H2,1-3H3/b13-11+. The molecule has 0 bridgehead atoms. The molecule has 0 heterocycles. The van der Waals surface area contributed by atoms with Crippen molar-refractivity contribution in [3.05, 3.63) is 0 Å². The van der Waals surface area contributed by atoms with Crippen LogP contribution in [0.15, 0.2) is 5.16 Å². The second-order valence-corrected chi connectivity index (χ2v) is 3.35. The van der Waals surface area contributed by atoms with E-state index in [0.29, 0.717) is 0 Å². The Hall–Kier alpha value is -1.04. The third-order valence-electron chi connectivity index (χ3n) is 2.23. The smallest absolute Gasteiger partial charge is 0.106 e. The van der Waals surface area contributed by atoms with Gasteiger partial charge in [0.05, 0.1) is 11.8 Å². The highest BCUT2D eigenvalue weighted by Gasteiger charge is 2.07. The van der Waals surface area contributed by atoms with Crippen LogP contribution in [0.4, 0.5) is 0 Å². The molecule has 0 aromatic carbocycles. The zero-order valence-electron chi connectivity index (χ0n) is 9.42. The van der Waals surface area contributed by atoms with Gasteiger partial charge in [-0.15, -0.1) is 0 Å². The van der Waals surface area contributed by atoms with Gasteiger partial charge in [-0.05, 0) is 25.7 Å². The van der Waals surface area contributed by atoms with Crippen LogP contribution < -0.4 is 0 Å². The topological polar surface area (TPSA) is 45.4 Å². The van der Waals surface area contributed by atoms with Gasteiger partial charge in [-0.1, -0.05) is 25.4 Å². The summed E-state index contributed by atoms with van der Waals surface area (Å²) in [6, 6.07) is 2.33. The Morgan fingerprint density at radius 1 is 1.43 bits per heavy atom. The van der Waals surface area contributed by atoms with Gasteiger partial charge in [0.1, 0.15) is 7.11 Å². The molecule has 3 nitrogen and oxygen atoms in total. The molecule has 0 aliphatic carbocycles. The highest BCUT2D eigenvalue weighted by molar-refractivity contribution is 5.83. The first kappa shape index (κ1) is 13.0. The zero-order chi connectivity index (χ0) is 10.8. The fraction of sp³-hybridized carbons (Fsp3) is 0.818. The molecule has 1 atom stereocenters. The minimum Gasteiger partial charge on any atom is -0.399 e. The van der Waals surface area contributed by atoms with Gasteiger partial charge >= 0.3 is 0 Å². The van der Waals surface area contributed by atoms with E-state index in [-0.39, 0.29) is 5.92 Å². The fourth-order valence-electron chi connectivity index (χ4n) is 1.38. The number of oxime groups is 1. The molecule has 0 aromatic rings. The third kappa shape index (κ3) is 5.58. The zero-order valence-corrected chi connectivity index (χ0v) is 9.42. The van der Waals surface area contributed by atoms with Crippen molar-refractivity contribution >= 4 is 5.71 Å². The maximum Gasteiger partial charge on any atom is 0.106 e. The molecule has 80 valence electrons. The Kier molecular flexibility index (Phi) is 7.92. The van der Waals surface area contributed by atoms with Gasteiger partial charge in [-0.2, -0.15) is 5.26 Å². The van der Waals surface area contributed by atoms with E-state index in [4.69, 9.17) is 10.1 Å². The van der Waals surface area contributed by atoms with Crippen LogP contribution in [0.5, 0.6) is 0 Å². The summed E-state index contributed by atoms with van der Waals surface area (Å²) in [5, 5.41) is 12.8. The van der Waals surface area contributed by atoms with Crippen molar-refractivity contribution in [1.82, 2.24) is 0 Å². The molecule has 0 rings (SSSR count). The minimum absolute atomic E-state index is 0.175. The minimum atomic E-state index is 0.175. The van der Waals surface area contributed by atoms with Crippen LogP contribution >= 0.6 is 0 Å². The van der Waals surface area contributed by atoms with Gasteiger partial charge in [0, 0.05) is 5.92 Å². The Morgan fingerprint density at radius 2 is 2.14 bits per heavy atom. The first-order valence-electron chi connectivity index (χ1n) is 5.26. The number of rotatable bonds is 7. The van der Waals surface area contributed by atoms with E-state index in [2.05, 4.69) is 25.1 Å². The van der Waals surface area contributed by atoms with E-state index >= 15 is 0 Å². The predicted octanol–water partition coefficient (Wildman–Crippen LogP) is 3.12. The first-order chi connectivity index (χ1) is 6.78. The molecule has 0 amide bonds. The van der Waals surface area contributed by atoms with E-state index in [9.17, 15) is 0 Å². The number of hydrogen-bond acceptors (Lipinski definition) is 3. The van der Waals surface area contributed by atoms with Crippen molar-refractivity contribution in [3.8, 4) is 6.07 Å².